The van der Waals surface area contributed by atoms with Crippen LogP contribution >= 0.6 is 0 Å². The first kappa shape index (κ1) is 12.9. The highest BCUT2D eigenvalue weighted by Gasteiger charge is 2.13. The Morgan fingerprint density at radius 1 is 1.23 bits per heavy atom. The maximum atomic E-state index is 5.49. The van der Waals surface area contributed by atoms with Gasteiger partial charge in [0.05, 0.1) is 0 Å². The van der Waals surface area contributed by atoms with E-state index in [0.717, 1.165) is 10.5 Å². The van der Waals surface area contributed by atoms with E-state index in [9.17, 15) is 0 Å². The molecular formula is C11H24OSi. The highest BCUT2D eigenvalue weighted by molar-refractivity contribution is 5.98. The van der Waals surface area contributed by atoms with E-state index in [1.165, 1.54) is 38.5 Å². The second-order valence-corrected chi connectivity index (χ2v) is 4.61. The fourth-order valence-electron chi connectivity index (χ4n) is 1.30. The summed E-state index contributed by atoms with van der Waals surface area (Å²) < 4.78 is 5.49. The lowest BCUT2D eigenvalue weighted by atomic mass is 10.00. The van der Waals surface area contributed by atoms with Crippen molar-refractivity contribution in [3.05, 3.63) is 12.7 Å². The number of unbranched alkanes of at least 4 members (excludes halogenated alkanes) is 4. The van der Waals surface area contributed by atoms with Crippen molar-refractivity contribution in [3.63, 3.8) is 0 Å². The molecule has 0 N–H and O–H groups in total. The third-order valence-electron chi connectivity index (χ3n) is 2.49. The summed E-state index contributed by atoms with van der Waals surface area (Å²) in [7, 11) is 0.854. The zero-order valence-corrected chi connectivity index (χ0v) is 11.4. The van der Waals surface area contributed by atoms with E-state index < -0.39 is 0 Å². The lowest BCUT2D eigenvalue weighted by molar-refractivity contribution is 0.109. The molecule has 78 valence electrons. The SMILES string of the molecule is C=CCCCCCCC(C)(C)O[SiH3]. The lowest BCUT2D eigenvalue weighted by Crippen LogP contribution is -2.22. The van der Waals surface area contributed by atoms with Crippen LogP contribution in [0, 0.1) is 0 Å². The first-order chi connectivity index (χ1) is 6.12. The Bertz CT molecular complexity index is 132. The molecule has 0 aliphatic carbocycles. The molecule has 0 radical (unpaired) electrons. The summed E-state index contributed by atoms with van der Waals surface area (Å²) in [4.78, 5) is 0. The number of hydrogen-bond acceptors (Lipinski definition) is 1. The normalized spacial score (nSPS) is 11.8. The Balaban J connectivity index is 3.20. The Kier molecular flexibility index (Phi) is 7.29. The molecule has 0 atom stereocenters. The van der Waals surface area contributed by atoms with Gasteiger partial charge >= 0.3 is 0 Å². The first-order valence-corrected chi connectivity index (χ1v) is 6.10. The topological polar surface area (TPSA) is 9.23 Å². The van der Waals surface area contributed by atoms with Crippen molar-refractivity contribution < 1.29 is 4.43 Å². The molecule has 1 nitrogen and oxygen atoms in total. The van der Waals surface area contributed by atoms with E-state index >= 15 is 0 Å². The fourth-order valence-corrected chi connectivity index (χ4v) is 1.50. The quantitative estimate of drug-likeness (QED) is 0.332. The van der Waals surface area contributed by atoms with Crippen LogP contribution in [0.25, 0.3) is 0 Å². The van der Waals surface area contributed by atoms with E-state index in [0.29, 0.717) is 0 Å². The zero-order chi connectivity index (χ0) is 10.2. The van der Waals surface area contributed by atoms with Crippen LogP contribution in [0.3, 0.4) is 0 Å². The average Bonchev–Trinajstić information content (AvgIpc) is 2.11. The summed E-state index contributed by atoms with van der Waals surface area (Å²) in [5, 5.41) is 0. The van der Waals surface area contributed by atoms with Gasteiger partial charge in [-0.1, -0.05) is 25.3 Å². The van der Waals surface area contributed by atoms with E-state index in [1.807, 2.05) is 6.08 Å². The highest BCUT2D eigenvalue weighted by Crippen LogP contribution is 2.17. The van der Waals surface area contributed by atoms with Crippen LogP contribution in [0.1, 0.15) is 52.4 Å². The summed E-state index contributed by atoms with van der Waals surface area (Å²) >= 11 is 0. The minimum Gasteiger partial charge on any atom is -0.423 e. The fraction of sp³-hybridized carbons (Fsp3) is 0.818. The van der Waals surface area contributed by atoms with Crippen molar-refractivity contribution in [2.24, 2.45) is 0 Å². The van der Waals surface area contributed by atoms with Gasteiger partial charge in [-0.2, -0.15) is 0 Å². The molecule has 13 heavy (non-hydrogen) atoms. The molecule has 0 spiro atoms. The van der Waals surface area contributed by atoms with Gasteiger partial charge in [0.2, 0.25) is 0 Å². The third kappa shape index (κ3) is 8.25. The standard InChI is InChI=1S/C11H24OSi/c1-4-5-6-7-8-9-10-11(2,3)12-13/h4H,1,5-10H2,2-3,13H3. The molecule has 0 saturated carbocycles. The Morgan fingerprint density at radius 3 is 2.38 bits per heavy atom. The van der Waals surface area contributed by atoms with Crippen molar-refractivity contribution >= 4 is 10.5 Å². The molecule has 0 saturated heterocycles. The highest BCUT2D eigenvalue weighted by atomic mass is 28.2. The van der Waals surface area contributed by atoms with Gasteiger partial charge in [0.15, 0.2) is 0 Å². The predicted octanol–water partition coefficient (Wildman–Crippen LogP) is 2.59. The molecule has 0 aromatic carbocycles. The third-order valence-corrected chi connectivity index (χ3v) is 3.59. The Labute approximate surface area is 86.1 Å². The lowest BCUT2D eigenvalue weighted by Gasteiger charge is -2.23. The molecule has 0 amide bonds. The monoisotopic (exact) mass is 200 g/mol. The van der Waals surface area contributed by atoms with E-state index in [2.05, 4.69) is 20.4 Å². The average molecular weight is 200 g/mol. The molecule has 0 rings (SSSR count). The number of rotatable bonds is 8. The van der Waals surface area contributed by atoms with Crippen LogP contribution in [0.4, 0.5) is 0 Å². The van der Waals surface area contributed by atoms with Crippen LogP contribution in [-0.2, 0) is 4.43 Å². The van der Waals surface area contributed by atoms with Gasteiger partial charge in [-0.05, 0) is 33.1 Å². The maximum Gasteiger partial charge on any atom is 0.146 e. The molecule has 0 aliphatic heterocycles. The molecule has 0 fully saturated rings. The number of allylic oxidation sites excluding steroid dienone is 1. The van der Waals surface area contributed by atoms with Crippen LogP contribution < -0.4 is 0 Å². The minimum atomic E-state index is 0.130. The van der Waals surface area contributed by atoms with Gasteiger partial charge in [0.1, 0.15) is 10.5 Å². The number of hydrogen-bond donors (Lipinski definition) is 0. The van der Waals surface area contributed by atoms with E-state index in [1.54, 1.807) is 0 Å². The van der Waals surface area contributed by atoms with Gasteiger partial charge in [-0.15, -0.1) is 6.58 Å². The van der Waals surface area contributed by atoms with Gasteiger partial charge < -0.3 is 4.43 Å². The van der Waals surface area contributed by atoms with E-state index in [-0.39, 0.29) is 5.60 Å². The van der Waals surface area contributed by atoms with Crippen LogP contribution in [0.15, 0.2) is 12.7 Å². The summed E-state index contributed by atoms with van der Waals surface area (Å²) in [6.07, 6.45) is 9.64. The Hall–Kier alpha value is -0.0831. The van der Waals surface area contributed by atoms with Gasteiger partial charge in [-0.3, -0.25) is 0 Å². The van der Waals surface area contributed by atoms with Gasteiger partial charge in [0, 0.05) is 5.60 Å². The summed E-state index contributed by atoms with van der Waals surface area (Å²) in [5.41, 5.74) is 0.130. The van der Waals surface area contributed by atoms with Crippen molar-refractivity contribution in [1.29, 1.82) is 0 Å². The summed E-state index contributed by atoms with van der Waals surface area (Å²) in [6, 6.07) is 0. The van der Waals surface area contributed by atoms with Gasteiger partial charge in [-0.25, -0.2) is 0 Å². The van der Waals surface area contributed by atoms with Crippen molar-refractivity contribution in [1.82, 2.24) is 0 Å². The molecule has 0 aliphatic rings. The van der Waals surface area contributed by atoms with E-state index in [4.69, 9.17) is 4.43 Å². The minimum absolute atomic E-state index is 0.130. The van der Waals surface area contributed by atoms with Crippen LogP contribution in [-0.4, -0.2) is 16.1 Å². The zero-order valence-electron chi connectivity index (χ0n) is 9.44. The van der Waals surface area contributed by atoms with Crippen LogP contribution in [0.5, 0.6) is 0 Å². The maximum absolute atomic E-state index is 5.49. The molecule has 0 unspecified atom stereocenters. The van der Waals surface area contributed by atoms with Crippen LogP contribution in [0.2, 0.25) is 0 Å². The van der Waals surface area contributed by atoms with Crippen molar-refractivity contribution in [3.8, 4) is 0 Å². The largest absolute Gasteiger partial charge is 0.423 e. The second-order valence-electron chi connectivity index (χ2n) is 4.21. The van der Waals surface area contributed by atoms with Crippen molar-refractivity contribution in [2.45, 2.75) is 58.0 Å². The first-order valence-electron chi connectivity index (χ1n) is 5.28. The molecule has 2 heteroatoms. The molecule has 0 aromatic rings. The second kappa shape index (κ2) is 7.33. The summed E-state index contributed by atoms with van der Waals surface area (Å²) in [5.74, 6) is 0. The van der Waals surface area contributed by atoms with Gasteiger partial charge in [0.25, 0.3) is 0 Å². The summed E-state index contributed by atoms with van der Waals surface area (Å²) in [6.45, 7) is 8.08. The molecular weight excluding hydrogens is 176 g/mol. The Morgan fingerprint density at radius 2 is 1.85 bits per heavy atom. The predicted molar refractivity (Wildman–Crippen MR) is 63.0 cm³/mol. The smallest absolute Gasteiger partial charge is 0.146 e. The molecule has 0 aromatic heterocycles. The molecule has 0 heterocycles. The van der Waals surface area contributed by atoms with Crippen molar-refractivity contribution in [2.75, 3.05) is 0 Å². The molecule has 0 bridgehead atoms.